The summed E-state index contributed by atoms with van der Waals surface area (Å²) in [6.07, 6.45) is 2.51. The van der Waals surface area contributed by atoms with Crippen molar-refractivity contribution in [1.29, 1.82) is 0 Å². The minimum absolute atomic E-state index is 0.0683. The zero-order valence-corrected chi connectivity index (χ0v) is 18.6. The predicted octanol–water partition coefficient (Wildman–Crippen LogP) is 3.36. The molecule has 1 unspecified atom stereocenters. The molecule has 0 saturated heterocycles. The molecule has 1 heterocycles. The molecule has 3 N–H and O–H groups in total. The van der Waals surface area contributed by atoms with Crippen molar-refractivity contribution in [1.82, 2.24) is 5.32 Å². The van der Waals surface area contributed by atoms with Gasteiger partial charge in [0.25, 0.3) is 5.91 Å². The third-order valence-electron chi connectivity index (χ3n) is 4.92. The summed E-state index contributed by atoms with van der Waals surface area (Å²) in [4.78, 5) is 24.6. The molecule has 2 aromatic rings. The summed E-state index contributed by atoms with van der Waals surface area (Å²) in [7, 11) is -3.60. The van der Waals surface area contributed by atoms with Crippen LogP contribution in [0.1, 0.15) is 60.7 Å². The van der Waals surface area contributed by atoms with Crippen molar-refractivity contribution in [3.63, 3.8) is 0 Å². The molecule has 9 heteroatoms. The van der Waals surface area contributed by atoms with E-state index in [4.69, 9.17) is 4.42 Å². The number of carbonyl (C=O) groups is 2. The lowest BCUT2D eigenvalue weighted by molar-refractivity contribution is -0.114. The average molecular weight is 434 g/mol. The van der Waals surface area contributed by atoms with Crippen molar-refractivity contribution >= 4 is 33.2 Å². The third kappa shape index (κ3) is 5.21. The van der Waals surface area contributed by atoms with Crippen LogP contribution in [0.3, 0.4) is 0 Å². The molecule has 8 nitrogen and oxygen atoms in total. The zero-order valence-electron chi connectivity index (χ0n) is 17.8. The SMILES string of the molecule is CC(=O)Nc1ccc(NS(C)(=O)=O)c(C(=O)NC2CC(C)(C)Cc3oc(C)cc32)c1. The van der Waals surface area contributed by atoms with Crippen LogP contribution >= 0.6 is 0 Å². The number of amides is 2. The van der Waals surface area contributed by atoms with E-state index in [0.717, 1.165) is 29.8 Å². The second-order valence-electron chi connectivity index (χ2n) is 8.62. The fourth-order valence-electron chi connectivity index (χ4n) is 3.85. The van der Waals surface area contributed by atoms with Gasteiger partial charge in [0.15, 0.2) is 0 Å². The fraction of sp³-hybridized carbons (Fsp3) is 0.429. The van der Waals surface area contributed by atoms with Gasteiger partial charge in [0.05, 0.1) is 23.5 Å². The first-order valence-corrected chi connectivity index (χ1v) is 11.5. The van der Waals surface area contributed by atoms with Gasteiger partial charge in [-0.05, 0) is 43.0 Å². The number of carbonyl (C=O) groups excluding carboxylic acids is 2. The summed E-state index contributed by atoms with van der Waals surface area (Å²) in [5.74, 6) is 0.901. The minimum atomic E-state index is -3.60. The van der Waals surface area contributed by atoms with E-state index in [1.807, 2.05) is 13.0 Å². The number of aryl methyl sites for hydroxylation is 1. The maximum Gasteiger partial charge on any atom is 0.253 e. The molecule has 0 aliphatic heterocycles. The van der Waals surface area contributed by atoms with Gasteiger partial charge in [-0.3, -0.25) is 14.3 Å². The van der Waals surface area contributed by atoms with E-state index in [0.29, 0.717) is 12.1 Å². The number of anilines is 2. The summed E-state index contributed by atoms with van der Waals surface area (Å²) in [6, 6.07) is 6.11. The highest BCUT2D eigenvalue weighted by Crippen LogP contribution is 2.42. The van der Waals surface area contributed by atoms with Crippen LogP contribution in [-0.4, -0.2) is 26.5 Å². The third-order valence-corrected chi connectivity index (χ3v) is 5.51. The van der Waals surface area contributed by atoms with Gasteiger partial charge < -0.3 is 15.1 Å². The Balaban J connectivity index is 1.96. The van der Waals surface area contributed by atoms with Crippen molar-refractivity contribution < 1.29 is 22.4 Å². The standard InChI is InChI=1S/C21H27N3O5S/c1-12-8-15-18(10-21(3,4)11-19(15)29-12)23-20(26)16-9-14(22-13(2)25)6-7-17(16)24-30(5,27)28/h6-9,18,24H,10-11H2,1-5H3,(H,22,25)(H,23,26). The summed E-state index contributed by atoms with van der Waals surface area (Å²) in [5.41, 5.74) is 1.53. The van der Waals surface area contributed by atoms with Gasteiger partial charge in [0.2, 0.25) is 15.9 Å². The molecule has 0 spiro atoms. The molecule has 2 amide bonds. The highest BCUT2D eigenvalue weighted by atomic mass is 32.2. The van der Waals surface area contributed by atoms with Crippen LogP contribution in [0.5, 0.6) is 0 Å². The molecular weight excluding hydrogens is 406 g/mol. The first-order chi connectivity index (χ1) is 13.8. The van der Waals surface area contributed by atoms with Crippen LogP contribution in [0.2, 0.25) is 0 Å². The van der Waals surface area contributed by atoms with Crippen molar-refractivity contribution in [3.05, 3.63) is 46.9 Å². The molecule has 162 valence electrons. The maximum absolute atomic E-state index is 13.2. The van der Waals surface area contributed by atoms with Gasteiger partial charge in [-0.2, -0.15) is 0 Å². The fourth-order valence-corrected chi connectivity index (χ4v) is 4.43. The quantitative estimate of drug-likeness (QED) is 0.668. The van der Waals surface area contributed by atoms with Gasteiger partial charge in [-0.25, -0.2) is 8.42 Å². The van der Waals surface area contributed by atoms with Crippen LogP contribution < -0.4 is 15.4 Å². The molecule has 0 saturated carbocycles. The van der Waals surface area contributed by atoms with Crippen LogP contribution in [0.4, 0.5) is 11.4 Å². The molecule has 1 aromatic heterocycles. The normalized spacial score (nSPS) is 17.7. The molecule has 0 radical (unpaired) electrons. The molecule has 1 atom stereocenters. The van der Waals surface area contributed by atoms with E-state index in [1.165, 1.54) is 25.1 Å². The van der Waals surface area contributed by atoms with E-state index in [2.05, 4.69) is 29.2 Å². The zero-order chi connectivity index (χ0) is 22.3. The van der Waals surface area contributed by atoms with E-state index in [1.54, 1.807) is 0 Å². The summed E-state index contributed by atoms with van der Waals surface area (Å²) >= 11 is 0. The summed E-state index contributed by atoms with van der Waals surface area (Å²) in [5, 5.41) is 5.64. The Morgan fingerprint density at radius 3 is 2.53 bits per heavy atom. The molecule has 30 heavy (non-hydrogen) atoms. The lowest BCUT2D eigenvalue weighted by Crippen LogP contribution is -2.36. The van der Waals surface area contributed by atoms with Crippen LogP contribution in [0, 0.1) is 12.3 Å². The van der Waals surface area contributed by atoms with Crippen LogP contribution in [-0.2, 0) is 21.2 Å². The number of benzene rings is 1. The molecule has 0 fully saturated rings. The van der Waals surface area contributed by atoms with Crippen molar-refractivity contribution in [3.8, 4) is 0 Å². The highest BCUT2D eigenvalue weighted by Gasteiger charge is 2.36. The topological polar surface area (TPSA) is 118 Å². The maximum atomic E-state index is 13.2. The van der Waals surface area contributed by atoms with Crippen LogP contribution in [0.25, 0.3) is 0 Å². The van der Waals surface area contributed by atoms with Crippen molar-refractivity contribution in [2.24, 2.45) is 5.41 Å². The lowest BCUT2D eigenvalue weighted by atomic mass is 9.74. The number of furan rings is 1. The minimum Gasteiger partial charge on any atom is -0.466 e. The Kier molecular flexibility index (Phi) is 5.68. The summed E-state index contributed by atoms with van der Waals surface area (Å²) < 4.78 is 31.7. The van der Waals surface area contributed by atoms with E-state index in [-0.39, 0.29) is 28.6 Å². The number of hydrogen-bond donors (Lipinski definition) is 3. The van der Waals surface area contributed by atoms with E-state index >= 15 is 0 Å². The predicted molar refractivity (Wildman–Crippen MR) is 115 cm³/mol. The first kappa shape index (κ1) is 21.9. The van der Waals surface area contributed by atoms with Gasteiger partial charge in [0.1, 0.15) is 11.5 Å². The lowest BCUT2D eigenvalue weighted by Gasteiger charge is -2.34. The largest absolute Gasteiger partial charge is 0.466 e. The molecule has 1 aliphatic carbocycles. The molecular formula is C21H27N3O5S. The summed E-state index contributed by atoms with van der Waals surface area (Å²) in [6.45, 7) is 7.45. The number of rotatable bonds is 5. The second kappa shape index (κ2) is 7.79. The molecule has 1 aliphatic rings. The number of hydrogen-bond acceptors (Lipinski definition) is 5. The van der Waals surface area contributed by atoms with Gasteiger partial charge in [-0.15, -0.1) is 0 Å². The van der Waals surface area contributed by atoms with Gasteiger partial charge >= 0.3 is 0 Å². The number of nitrogens with one attached hydrogen (secondary N) is 3. The second-order valence-corrected chi connectivity index (χ2v) is 10.4. The highest BCUT2D eigenvalue weighted by molar-refractivity contribution is 7.92. The number of fused-ring (bicyclic) bond motifs is 1. The Hall–Kier alpha value is -2.81. The Labute approximate surface area is 176 Å². The first-order valence-electron chi connectivity index (χ1n) is 9.62. The Morgan fingerprint density at radius 2 is 1.90 bits per heavy atom. The molecule has 1 aromatic carbocycles. The molecule has 3 rings (SSSR count). The average Bonchev–Trinajstić information content (AvgIpc) is 2.93. The Bertz CT molecular complexity index is 1100. The van der Waals surface area contributed by atoms with Crippen molar-refractivity contribution in [2.45, 2.75) is 46.6 Å². The molecule has 0 bridgehead atoms. The smallest absolute Gasteiger partial charge is 0.253 e. The van der Waals surface area contributed by atoms with Crippen molar-refractivity contribution in [2.75, 3.05) is 16.3 Å². The van der Waals surface area contributed by atoms with E-state index in [9.17, 15) is 18.0 Å². The number of sulfonamides is 1. The van der Waals surface area contributed by atoms with Gasteiger partial charge in [-0.1, -0.05) is 13.8 Å². The Morgan fingerprint density at radius 1 is 1.20 bits per heavy atom. The van der Waals surface area contributed by atoms with Gasteiger partial charge in [0, 0.05) is 24.6 Å². The van der Waals surface area contributed by atoms with E-state index < -0.39 is 15.9 Å². The van der Waals surface area contributed by atoms with Crippen LogP contribution in [0.15, 0.2) is 28.7 Å². The monoisotopic (exact) mass is 433 g/mol.